The van der Waals surface area contributed by atoms with Crippen LogP contribution in [0.3, 0.4) is 0 Å². The first kappa shape index (κ1) is 14.4. The summed E-state index contributed by atoms with van der Waals surface area (Å²) in [5.74, 6) is 1.77. The molecule has 1 aliphatic carbocycles. The second-order valence-electron chi connectivity index (χ2n) is 5.52. The Morgan fingerprint density at radius 2 is 1.95 bits per heavy atom. The summed E-state index contributed by atoms with van der Waals surface area (Å²) in [6.07, 6.45) is 5.22. The summed E-state index contributed by atoms with van der Waals surface area (Å²) < 4.78 is 5.55. The number of para-hydroxylation sites is 1. The SMILES string of the molecule is CC1CCC(NCc2ccccc2OCCO)CC1. The Bertz CT molecular complexity index is 373. The number of hydrogen-bond acceptors (Lipinski definition) is 3. The minimum absolute atomic E-state index is 0.0578. The van der Waals surface area contributed by atoms with Gasteiger partial charge in [-0.05, 0) is 37.7 Å². The lowest BCUT2D eigenvalue weighted by atomic mass is 9.87. The van der Waals surface area contributed by atoms with Gasteiger partial charge in [0.15, 0.2) is 0 Å². The molecule has 2 rings (SSSR count). The lowest BCUT2D eigenvalue weighted by Gasteiger charge is -2.27. The van der Waals surface area contributed by atoms with Crippen molar-refractivity contribution in [1.29, 1.82) is 0 Å². The molecule has 106 valence electrons. The first-order chi connectivity index (χ1) is 9.29. The van der Waals surface area contributed by atoms with Crippen molar-refractivity contribution in [2.45, 2.75) is 45.2 Å². The Kier molecular flexibility index (Phi) is 5.67. The van der Waals surface area contributed by atoms with Crippen LogP contribution >= 0.6 is 0 Å². The fourth-order valence-electron chi connectivity index (χ4n) is 2.66. The average Bonchev–Trinajstić information content (AvgIpc) is 2.45. The molecule has 1 aliphatic rings. The van der Waals surface area contributed by atoms with Gasteiger partial charge in [-0.3, -0.25) is 0 Å². The quantitative estimate of drug-likeness (QED) is 0.829. The predicted molar refractivity (Wildman–Crippen MR) is 77.3 cm³/mol. The molecule has 0 unspecified atom stereocenters. The molecule has 2 N–H and O–H groups in total. The summed E-state index contributed by atoms with van der Waals surface area (Å²) >= 11 is 0. The minimum atomic E-state index is 0.0578. The van der Waals surface area contributed by atoms with Crippen molar-refractivity contribution in [3.05, 3.63) is 29.8 Å². The van der Waals surface area contributed by atoms with Crippen LogP contribution in [-0.4, -0.2) is 24.4 Å². The molecule has 0 aliphatic heterocycles. The normalized spacial score (nSPS) is 23.3. The van der Waals surface area contributed by atoms with Crippen LogP contribution in [-0.2, 0) is 6.54 Å². The second kappa shape index (κ2) is 7.51. The van der Waals surface area contributed by atoms with Crippen molar-refractivity contribution in [1.82, 2.24) is 5.32 Å². The number of benzene rings is 1. The highest BCUT2D eigenvalue weighted by atomic mass is 16.5. The van der Waals surface area contributed by atoms with Crippen molar-refractivity contribution in [2.24, 2.45) is 5.92 Å². The van der Waals surface area contributed by atoms with Crippen LogP contribution < -0.4 is 10.1 Å². The summed E-state index contributed by atoms with van der Waals surface area (Å²) in [4.78, 5) is 0. The van der Waals surface area contributed by atoms with Gasteiger partial charge in [0, 0.05) is 18.2 Å². The van der Waals surface area contributed by atoms with Gasteiger partial charge in [-0.15, -0.1) is 0 Å². The third-order valence-corrected chi connectivity index (χ3v) is 3.92. The van der Waals surface area contributed by atoms with Gasteiger partial charge in [0.1, 0.15) is 12.4 Å². The van der Waals surface area contributed by atoms with Gasteiger partial charge in [0.25, 0.3) is 0 Å². The van der Waals surface area contributed by atoms with E-state index in [9.17, 15) is 0 Å². The Morgan fingerprint density at radius 1 is 1.21 bits per heavy atom. The molecule has 0 spiro atoms. The molecule has 0 bridgehead atoms. The highest BCUT2D eigenvalue weighted by Gasteiger charge is 2.17. The number of ether oxygens (including phenoxy) is 1. The van der Waals surface area contributed by atoms with Crippen molar-refractivity contribution >= 4 is 0 Å². The third-order valence-electron chi connectivity index (χ3n) is 3.92. The van der Waals surface area contributed by atoms with E-state index in [0.29, 0.717) is 12.6 Å². The molecule has 1 fully saturated rings. The lowest BCUT2D eigenvalue weighted by Crippen LogP contribution is -2.32. The average molecular weight is 263 g/mol. The van der Waals surface area contributed by atoms with E-state index in [-0.39, 0.29) is 6.61 Å². The lowest BCUT2D eigenvalue weighted by molar-refractivity contribution is 0.200. The van der Waals surface area contributed by atoms with Gasteiger partial charge in [-0.25, -0.2) is 0 Å². The molecular weight excluding hydrogens is 238 g/mol. The van der Waals surface area contributed by atoms with E-state index in [1.165, 1.54) is 31.2 Å². The van der Waals surface area contributed by atoms with Crippen molar-refractivity contribution in [3.63, 3.8) is 0 Å². The zero-order valence-corrected chi connectivity index (χ0v) is 11.8. The molecular formula is C16H25NO2. The van der Waals surface area contributed by atoms with Gasteiger partial charge in [-0.1, -0.05) is 25.1 Å². The largest absolute Gasteiger partial charge is 0.491 e. The predicted octanol–water partition coefficient (Wildman–Crippen LogP) is 2.73. The van der Waals surface area contributed by atoms with E-state index in [4.69, 9.17) is 9.84 Å². The van der Waals surface area contributed by atoms with Crippen LogP contribution in [0.2, 0.25) is 0 Å². The molecule has 1 aromatic carbocycles. The van der Waals surface area contributed by atoms with Crippen molar-refractivity contribution < 1.29 is 9.84 Å². The molecule has 19 heavy (non-hydrogen) atoms. The van der Waals surface area contributed by atoms with Crippen LogP contribution in [0.1, 0.15) is 38.2 Å². The van der Waals surface area contributed by atoms with E-state index in [1.54, 1.807) is 0 Å². The second-order valence-corrected chi connectivity index (χ2v) is 5.52. The number of aliphatic hydroxyl groups is 1. The monoisotopic (exact) mass is 263 g/mol. The van der Waals surface area contributed by atoms with Gasteiger partial charge in [0.2, 0.25) is 0 Å². The summed E-state index contributed by atoms with van der Waals surface area (Å²) in [6.45, 7) is 3.61. The van der Waals surface area contributed by atoms with Gasteiger partial charge in [0.05, 0.1) is 6.61 Å². The fraction of sp³-hybridized carbons (Fsp3) is 0.625. The van der Waals surface area contributed by atoms with E-state index < -0.39 is 0 Å². The Labute approximate surface area is 116 Å². The van der Waals surface area contributed by atoms with Crippen LogP contribution in [0, 0.1) is 5.92 Å². The van der Waals surface area contributed by atoms with E-state index in [1.807, 2.05) is 18.2 Å². The molecule has 0 amide bonds. The van der Waals surface area contributed by atoms with E-state index >= 15 is 0 Å². The molecule has 1 saturated carbocycles. The number of nitrogens with one attached hydrogen (secondary N) is 1. The third kappa shape index (κ3) is 4.51. The number of aliphatic hydroxyl groups excluding tert-OH is 1. The molecule has 0 saturated heterocycles. The minimum Gasteiger partial charge on any atom is -0.491 e. The summed E-state index contributed by atoms with van der Waals surface area (Å²) in [5.41, 5.74) is 1.18. The van der Waals surface area contributed by atoms with Crippen molar-refractivity contribution in [2.75, 3.05) is 13.2 Å². The highest BCUT2D eigenvalue weighted by molar-refractivity contribution is 5.33. The smallest absolute Gasteiger partial charge is 0.123 e. The Balaban J connectivity index is 1.84. The first-order valence-electron chi connectivity index (χ1n) is 7.34. The van der Waals surface area contributed by atoms with E-state index in [2.05, 4.69) is 18.3 Å². The van der Waals surface area contributed by atoms with Gasteiger partial charge in [-0.2, -0.15) is 0 Å². The maximum Gasteiger partial charge on any atom is 0.123 e. The molecule has 0 atom stereocenters. The molecule has 0 radical (unpaired) electrons. The summed E-state index contributed by atoms with van der Waals surface area (Å²) in [7, 11) is 0. The molecule has 0 heterocycles. The van der Waals surface area contributed by atoms with Crippen LogP contribution in [0.25, 0.3) is 0 Å². The topological polar surface area (TPSA) is 41.5 Å². The maximum absolute atomic E-state index is 8.84. The molecule has 3 heteroatoms. The van der Waals surface area contributed by atoms with Gasteiger partial charge < -0.3 is 15.2 Å². The number of rotatable bonds is 6. The van der Waals surface area contributed by atoms with Crippen molar-refractivity contribution in [3.8, 4) is 5.75 Å². The maximum atomic E-state index is 8.84. The first-order valence-corrected chi connectivity index (χ1v) is 7.34. The summed E-state index contributed by atoms with van der Waals surface area (Å²) in [6, 6.07) is 8.70. The van der Waals surface area contributed by atoms with Crippen LogP contribution in [0.15, 0.2) is 24.3 Å². The standard InChI is InChI=1S/C16H25NO2/c1-13-6-8-15(9-7-13)17-12-14-4-2-3-5-16(14)19-11-10-18/h2-5,13,15,17-18H,6-12H2,1H3. The molecule has 0 aromatic heterocycles. The molecule has 1 aromatic rings. The van der Waals surface area contributed by atoms with Crippen LogP contribution in [0.4, 0.5) is 0 Å². The fourth-order valence-corrected chi connectivity index (χ4v) is 2.66. The zero-order valence-electron chi connectivity index (χ0n) is 11.8. The Morgan fingerprint density at radius 3 is 2.68 bits per heavy atom. The number of hydrogen-bond donors (Lipinski definition) is 2. The van der Waals surface area contributed by atoms with Gasteiger partial charge >= 0.3 is 0 Å². The zero-order chi connectivity index (χ0) is 13.5. The Hall–Kier alpha value is -1.06. The molecule has 3 nitrogen and oxygen atoms in total. The van der Waals surface area contributed by atoms with E-state index in [0.717, 1.165) is 18.2 Å². The summed E-state index contributed by atoms with van der Waals surface area (Å²) in [5, 5.41) is 12.5. The highest BCUT2D eigenvalue weighted by Crippen LogP contribution is 2.24. The van der Waals surface area contributed by atoms with Crippen LogP contribution in [0.5, 0.6) is 5.75 Å².